The minimum atomic E-state index is -0.589. The molecule has 6 nitrogen and oxygen atoms in total. The first-order chi connectivity index (χ1) is 12.8. The molecule has 0 saturated carbocycles. The molecule has 0 unspecified atom stereocenters. The Bertz CT molecular complexity index is 746. The molecule has 1 heterocycles. The highest BCUT2D eigenvalue weighted by Gasteiger charge is 2.37. The molecule has 2 atom stereocenters. The Morgan fingerprint density at radius 1 is 1.15 bits per heavy atom. The van der Waals surface area contributed by atoms with Crippen LogP contribution in [0.5, 0.6) is 5.75 Å². The van der Waals surface area contributed by atoms with Crippen LogP contribution in [0.3, 0.4) is 0 Å². The molecule has 0 N–H and O–H groups in total. The van der Waals surface area contributed by atoms with Crippen molar-refractivity contribution in [2.24, 2.45) is 0 Å². The van der Waals surface area contributed by atoms with Gasteiger partial charge >= 0.3 is 5.97 Å². The van der Waals surface area contributed by atoms with Crippen molar-refractivity contribution >= 4 is 35.0 Å². The third kappa shape index (κ3) is 5.60. The predicted molar refractivity (Wildman–Crippen MR) is 105 cm³/mol. The zero-order valence-corrected chi connectivity index (χ0v) is 16.9. The number of rotatable bonds is 8. The fourth-order valence-electron chi connectivity index (χ4n) is 2.26. The molecule has 1 aliphatic rings. The molecule has 1 aromatic carbocycles. The van der Waals surface area contributed by atoms with Gasteiger partial charge in [0, 0.05) is 5.56 Å². The lowest BCUT2D eigenvalue weighted by atomic mass is 10.1. The van der Waals surface area contributed by atoms with Crippen molar-refractivity contribution in [3.8, 4) is 5.75 Å². The predicted octanol–water partition coefficient (Wildman–Crippen LogP) is 4.24. The highest BCUT2D eigenvalue weighted by molar-refractivity contribution is 8.18. The summed E-state index contributed by atoms with van der Waals surface area (Å²) in [6, 6.07) is 7.34. The van der Waals surface area contributed by atoms with E-state index in [1.807, 2.05) is 45.0 Å². The van der Waals surface area contributed by atoms with Crippen molar-refractivity contribution in [3.05, 3.63) is 34.7 Å². The molecule has 0 bridgehead atoms. The van der Waals surface area contributed by atoms with Crippen molar-refractivity contribution < 1.29 is 23.9 Å². The van der Waals surface area contributed by atoms with Gasteiger partial charge < -0.3 is 9.47 Å². The fraction of sp³-hybridized carbons (Fsp3) is 0.450. The third-order valence-corrected chi connectivity index (χ3v) is 5.08. The molecule has 0 radical (unpaired) electrons. The SMILES string of the molecule is CC[C@@H](C)OC(=O)CN1C(=O)S/C(=C/c2ccccc2O[C@@H](C)CC)C1=O. The lowest BCUT2D eigenvalue weighted by Crippen LogP contribution is -2.35. The van der Waals surface area contributed by atoms with Crippen molar-refractivity contribution in [2.75, 3.05) is 6.54 Å². The molecule has 146 valence electrons. The number of carbonyl (C=O) groups excluding carboxylic acids is 3. The number of hydrogen-bond acceptors (Lipinski definition) is 6. The number of imide groups is 1. The molecule has 0 aromatic heterocycles. The van der Waals surface area contributed by atoms with Crippen LogP contribution >= 0.6 is 11.8 Å². The molecule has 1 fully saturated rings. The molecule has 1 saturated heterocycles. The number of amides is 2. The van der Waals surface area contributed by atoms with E-state index in [1.54, 1.807) is 13.0 Å². The maximum absolute atomic E-state index is 12.6. The minimum absolute atomic E-state index is 0.0324. The Morgan fingerprint density at radius 3 is 2.48 bits per heavy atom. The molecule has 7 heteroatoms. The van der Waals surface area contributed by atoms with Gasteiger partial charge in [0.15, 0.2) is 0 Å². The number of hydrogen-bond donors (Lipinski definition) is 0. The van der Waals surface area contributed by atoms with Gasteiger partial charge in [0.25, 0.3) is 11.1 Å². The van der Waals surface area contributed by atoms with Crippen LogP contribution in [0.15, 0.2) is 29.2 Å². The van der Waals surface area contributed by atoms with E-state index in [0.29, 0.717) is 17.7 Å². The minimum Gasteiger partial charge on any atom is -0.490 e. The van der Waals surface area contributed by atoms with Crippen molar-refractivity contribution in [1.82, 2.24) is 4.90 Å². The van der Waals surface area contributed by atoms with Gasteiger partial charge in [0.05, 0.1) is 17.1 Å². The first-order valence-electron chi connectivity index (χ1n) is 9.06. The number of esters is 1. The van der Waals surface area contributed by atoms with Gasteiger partial charge in [-0.2, -0.15) is 0 Å². The standard InChI is InChI=1S/C20H25NO5S/c1-5-13(3)25-16-10-8-7-9-15(16)11-17-19(23)21(20(24)27-17)12-18(22)26-14(4)6-2/h7-11,13-14H,5-6,12H2,1-4H3/b17-11+/t13-,14+/m0/s1. The second-order valence-electron chi connectivity index (χ2n) is 6.35. The monoisotopic (exact) mass is 391 g/mol. The summed E-state index contributed by atoms with van der Waals surface area (Å²) in [6.07, 6.45) is 2.93. The number of benzene rings is 1. The topological polar surface area (TPSA) is 72.9 Å². The summed E-state index contributed by atoms with van der Waals surface area (Å²) in [5.41, 5.74) is 0.713. The molecule has 27 heavy (non-hydrogen) atoms. The van der Waals surface area contributed by atoms with E-state index < -0.39 is 17.1 Å². The van der Waals surface area contributed by atoms with E-state index in [0.717, 1.165) is 23.1 Å². The maximum Gasteiger partial charge on any atom is 0.326 e. The lowest BCUT2D eigenvalue weighted by Gasteiger charge is -2.15. The molecule has 2 rings (SSSR count). The molecular formula is C20H25NO5S. The van der Waals surface area contributed by atoms with Crippen LogP contribution in [-0.2, 0) is 14.3 Å². The van der Waals surface area contributed by atoms with Gasteiger partial charge in [-0.05, 0) is 50.6 Å². The zero-order chi connectivity index (χ0) is 20.0. The number of carbonyl (C=O) groups is 3. The quantitative estimate of drug-likeness (QED) is 0.487. The lowest BCUT2D eigenvalue weighted by molar-refractivity contribution is -0.150. The third-order valence-electron chi connectivity index (χ3n) is 4.18. The highest BCUT2D eigenvalue weighted by atomic mass is 32.2. The van der Waals surface area contributed by atoms with Crippen molar-refractivity contribution in [1.29, 1.82) is 0 Å². The van der Waals surface area contributed by atoms with Gasteiger partial charge in [-0.25, -0.2) is 0 Å². The van der Waals surface area contributed by atoms with Crippen LogP contribution in [0.1, 0.15) is 46.1 Å². The van der Waals surface area contributed by atoms with E-state index in [9.17, 15) is 14.4 Å². The summed E-state index contributed by atoms with van der Waals surface area (Å²) in [4.78, 5) is 37.8. The molecule has 0 aliphatic carbocycles. The molecule has 2 amide bonds. The summed E-state index contributed by atoms with van der Waals surface area (Å²) in [6.45, 7) is 7.27. The van der Waals surface area contributed by atoms with Crippen LogP contribution in [0.2, 0.25) is 0 Å². The van der Waals surface area contributed by atoms with E-state index in [2.05, 4.69) is 0 Å². The van der Waals surface area contributed by atoms with Crippen LogP contribution < -0.4 is 4.74 Å². The van der Waals surface area contributed by atoms with Gasteiger partial charge in [0.1, 0.15) is 12.3 Å². The fourth-order valence-corrected chi connectivity index (χ4v) is 3.09. The van der Waals surface area contributed by atoms with Crippen molar-refractivity contribution in [2.45, 2.75) is 52.7 Å². The largest absolute Gasteiger partial charge is 0.490 e. The Labute approximate surface area is 163 Å². The first kappa shape index (κ1) is 21.0. The molecule has 0 spiro atoms. The van der Waals surface area contributed by atoms with Gasteiger partial charge in [-0.15, -0.1) is 0 Å². The summed E-state index contributed by atoms with van der Waals surface area (Å²) < 4.78 is 11.0. The average molecular weight is 391 g/mol. The van der Waals surface area contributed by atoms with Crippen LogP contribution in [-0.4, -0.2) is 40.8 Å². The Balaban J connectivity index is 2.16. The van der Waals surface area contributed by atoms with Crippen molar-refractivity contribution in [3.63, 3.8) is 0 Å². The number of thioether (sulfide) groups is 1. The van der Waals surface area contributed by atoms with Gasteiger partial charge in [-0.1, -0.05) is 32.0 Å². The van der Waals surface area contributed by atoms with Crippen LogP contribution in [0.25, 0.3) is 6.08 Å². The second-order valence-corrected chi connectivity index (χ2v) is 7.34. The average Bonchev–Trinajstić information content (AvgIpc) is 2.90. The molecule has 1 aromatic rings. The number of ether oxygens (including phenoxy) is 2. The smallest absolute Gasteiger partial charge is 0.326 e. The van der Waals surface area contributed by atoms with Gasteiger partial charge in [0.2, 0.25) is 0 Å². The van der Waals surface area contributed by atoms with Crippen LogP contribution in [0.4, 0.5) is 4.79 Å². The van der Waals surface area contributed by atoms with E-state index in [4.69, 9.17) is 9.47 Å². The number of para-hydroxylation sites is 1. The second kappa shape index (κ2) is 9.60. The molecular weight excluding hydrogens is 366 g/mol. The van der Waals surface area contributed by atoms with E-state index >= 15 is 0 Å². The summed E-state index contributed by atoms with van der Waals surface area (Å²) in [5, 5.41) is -0.479. The first-order valence-corrected chi connectivity index (χ1v) is 9.87. The Kier molecular flexibility index (Phi) is 7.47. The summed E-state index contributed by atoms with van der Waals surface area (Å²) in [7, 11) is 0. The Hall–Kier alpha value is -2.28. The van der Waals surface area contributed by atoms with Gasteiger partial charge in [-0.3, -0.25) is 19.3 Å². The summed E-state index contributed by atoms with van der Waals surface area (Å²) in [5.74, 6) is -0.437. The highest BCUT2D eigenvalue weighted by Crippen LogP contribution is 2.34. The van der Waals surface area contributed by atoms with E-state index in [1.165, 1.54) is 0 Å². The van der Waals surface area contributed by atoms with Crippen LogP contribution in [0, 0.1) is 0 Å². The zero-order valence-electron chi connectivity index (χ0n) is 16.1. The maximum atomic E-state index is 12.6. The normalized spacial score (nSPS) is 17.9. The number of nitrogens with zero attached hydrogens (tertiary/aromatic N) is 1. The molecule has 1 aliphatic heterocycles. The Morgan fingerprint density at radius 2 is 1.81 bits per heavy atom. The summed E-state index contributed by atoms with van der Waals surface area (Å²) >= 11 is 0.812. The van der Waals surface area contributed by atoms with E-state index in [-0.39, 0.29) is 23.7 Å².